The Bertz CT molecular complexity index is 1880. The maximum Gasteiger partial charge on any atom is 0.408 e. The fraction of sp³-hybridized carbons (Fsp3) is 0.270. The number of rotatable bonds is 19. The van der Waals surface area contributed by atoms with Crippen molar-refractivity contribution in [2.45, 2.75) is 44.4 Å². The third-order valence-corrected chi connectivity index (χ3v) is 7.54. The van der Waals surface area contributed by atoms with Crippen molar-refractivity contribution >= 4 is 47.2 Å². The van der Waals surface area contributed by atoms with Crippen molar-refractivity contribution in [2.75, 3.05) is 25.0 Å². The fourth-order valence-corrected chi connectivity index (χ4v) is 4.81. The van der Waals surface area contributed by atoms with Gasteiger partial charge in [-0.2, -0.15) is 0 Å². The van der Waals surface area contributed by atoms with Crippen LogP contribution in [0.1, 0.15) is 42.4 Å². The number of guanidine groups is 2. The van der Waals surface area contributed by atoms with Gasteiger partial charge in [0, 0.05) is 30.4 Å². The number of amides is 2. The van der Waals surface area contributed by atoms with E-state index in [2.05, 4.69) is 37.8 Å². The number of hydrogen-bond acceptors (Lipinski definition) is 10. The number of ether oxygens (including phenoxy) is 1. The Morgan fingerprint density at radius 2 is 1.54 bits per heavy atom. The Morgan fingerprint density at radius 3 is 2.15 bits per heavy atom. The molecule has 0 spiro atoms. The largest absolute Gasteiger partial charge is 0.502 e. The molecular weight excluding hydrogens is 696 g/mol. The van der Waals surface area contributed by atoms with Crippen molar-refractivity contribution in [1.82, 2.24) is 10.6 Å². The van der Waals surface area contributed by atoms with Crippen molar-refractivity contribution < 1.29 is 29.2 Å². The zero-order valence-electron chi connectivity index (χ0n) is 29.4. The van der Waals surface area contributed by atoms with E-state index in [1.807, 2.05) is 18.2 Å². The molecule has 0 aliphatic carbocycles. The number of benzene rings is 3. The van der Waals surface area contributed by atoms with Gasteiger partial charge >= 0.3 is 11.8 Å². The van der Waals surface area contributed by atoms with E-state index < -0.39 is 34.8 Å². The van der Waals surface area contributed by atoms with Crippen LogP contribution >= 0.6 is 0 Å². The predicted molar refractivity (Wildman–Crippen MR) is 206 cm³/mol. The average Bonchev–Trinajstić information content (AvgIpc) is 3.14. The molecule has 0 heterocycles. The normalized spacial score (nSPS) is 11.6. The molecule has 284 valence electrons. The summed E-state index contributed by atoms with van der Waals surface area (Å²) in [6, 6.07) is 18.0. The van der Waals surface area contributed by atoms with Crippen molar-refractivity contribution in [3.8, 4) is 17.6 Å². The van der Waals surface area contributed by atoms with Crippen LogP contribution in [0.4, 0.5) is 16.2 Å². The summed E-state index contributed by atoms with van der Waals surface area (Å²) in [5.41, 5.74) is 23.9. The molecule has 0 bridgehead atoms. The third-order valence-electron chi connectivity index (χ3n) is 7.54. The second kappa shape index (κ2) is 22.0. The molecule has 12 N–H and O–H groups in total. The van der Waals surface area contributed by atoms with Crippen LogP contribution in [-0.4, -0.2) is 71.5 Å². The number of aromatic hydroxyl groups is 1. The van der Waals surface area contributed by atoms with E-state index in [-0.39, 0.29) is 62.5 Å². The highest BCUT2D eigenvalue weighted by molar-refractivity contribution is 5.94. The molecule has 0 fully saturated rings. The molecule has 0 aliphatic rings. The van der Waals surface area contributed by atoms with Crippen LogP contribution in [0.5, 0.6) is 5.75 Å². The molecule has 54 heavy (non-hydrogen) atoms. The van der Waals surface area contributed by atoms with Gasteiger partial charge in [-0.3, -0.25) is 29.7 Å². The van der Waals surface area contributed by atoms with Crippen LogP contribution in [-0.2, 0) is 20.9 Å². The minimum Gasteiger partial charge on any atom is -0.502 e. The highest BCUT2D eigenvalue weighted by Crippen LogP contribution is 2.26. The number of hydrogen-bond donors (Lipinski definition) is 8. The molecule has 3 aromatic rings. The highest BCUT2D eigenvalue weighted by atomic mass is 16.6. The Hall–Kier alpha value is -7.09. The molecule has 0 unspecified atom stereocenters. The van der Waals surface area contributed by atoms with Crippen LogP contribution in [0.25, 0.3) is 6.08 Å². The molecule has 0 aromatic heterocycles. The lowest BCUT2D eigenvalue weighted by Crippen LogP contribution is -2.52. The highest BCUT2D eigenvalue weighted by Gasteiger charge is 2.27. The summed E-state index contributed by atoms with van der Waals surface area (Å²) in [7, 11) is 0. The minimum absolute atomic E-state index is 0.00636. The van der Waals surface area contributed by atoms with Crippen molar-refractivity contribution in [2.24, 2.45) is 32.9 Å². The first-order chi connectivity index (χ1) is 25.9. The summed E-state index contributed by atoms with van der Waals surface area (Å²) in [5.74, 6) is 4.24. The van der Waals surface area contributed by atoms with Gasteiger partial charge in [0.05, 0.1) is 17.5 Å². The smallest absolute Gasteiger partial charge is 0.408 e. The zero-order chi connectivity index (χ0) is 39.3. The quantitative estimate of drug-likeness (QED) is 0.0219. The van der Waals surface area contributed by atoms with Crippen molar-refractivity contribution in [3.05, 3.63) is 106 Å². The maximum absolute atomic E-state index is 13.5. The van der Waals surface area contributed by atoms with E-state index in [1.165, 1.54) is 18.2 Å². The van der Waals surface area contributed by atoms with Gasteiger partial charge in [-0.15, -0.1) is 0 Å². The number of phenols is 1. The van der Waals surface area contributed by atoms with E-state index in [0.717, 1.165) is 5.56 Å². The summed E-state index contributed by atoms with van der Waals surface area (Å²) in [4.78, 5) is 57.8. The SMILES string of the molecule is NC(N)=NCCC[C@H](NC(=O)[C@H](CCCN=C(N)N)NC(=O)OCc1ccccc1)C(=O)CNc1ccc(C#C/C=C/c2ccc([N+](=O)[O-])c(O)c2)cc1. The lowest BCUT2D eigenvalue weighted by Gasteiger charge is -2.23. The van der Waals surface area contributed by atoms with E-state index in [4.69, 9.17) is 27.7 Å². The second-order valence-electron chi connectivity index (χ2n) is 11.7. The fourth-order valence-electron chi connectivity index (χ4n) is 4.81. The molecule has 17 heteroatoms. The number of alkyl carbamates (subject to hydrolysis) is 1. The molecule has 3 aromatic carbocycles. The number of ketones is 1. The first-order valence-corrected chi connectivity index (χ1v) is 16.8. The maximum atomic E-state index is 13.5. The number of nitrogens with one attached hydrogen (secondary N) is 3. The average molecular weight is 741 g/mol. The van der Waals surface area contributed by atoms with Crippen molar-refractivity contribution in [3.63, 3.8) is 0 Å². The van der Waals surface area contributed by atoms with Crippen LogP contribution in [0.3, 0.4) is 0 Å². The summed E-state index contributed by atoms with van der Waals surface area (Å²) in [5, 5.41) is 29.1. The van der Waals surface area contributed by atoms with Crippen LogP contribution < -0.4 is 38.9 Å². The summed E-state index contributed by atoms with van der Waals surface area (Å²) < 4.78 is 5.31. The number of nitrogens with two attached hydrogens (primary N) is 4. The van der Waals surface area contributed by atoms with Gasteiger partial charge in [0.1, 0.15) is 12.6 Å². The predicted octanol–water partition coefficient (Wildman–Crippen LogP) is 2.23. The molecule has 17 nitrogen and oxygen atoms in total. The van der Waals surface area contributed by atoms with Crippen LogP contribution in [0, 0.1) is 22.0 Å². The number of nitro benzene ring substituents is 1. The van der Waals surface area contributed by atoms with Gasteiger partial charge in [0.2, 0.25) is 5.91 Å². The summed E-state index contributed by atoms with van der Waals surface area (Å²) in [6.45, 7) is 0.306. The van der Waals surface area contributed by atoms with E-state index in [1.54, 1.807) is 48.6 Å². The molecule has 0 radical (unpaired) electrons. The number of anilines is 1. The Morgan fingerprint density at radius 1 is 0.889 bits per heavy atom. The number of nitro groups is 1. The van der Waals surface area contributed by atoms with E-state index in [9.17, 15) is 29.6 Å². The van der Waals surface area contributed by atoms with Gasteiger partial charge in [-0.05, 0) is 85.4 Å². The number of Topliss-reactive ketones (excluding diaryl/α,β-unsaturated/α-hetero) is 1. The number of nitrogens with zero attached hydrogens (tertiary/aromatic N) is 3. The Balaban J connectivity index is 1.64. The van der Waals surface area contributed by atoms with Crippen molar-refractivity contribution in [1.29, 1.82) is 0 Å². The third kappa shape index (κ3) is 15.4. The van der Waals surface area contributed by atoms with Gasteiger partial charge in [0.25, 0.3) is 0 Å². The summed E-state index contributed by atoms with van der Waals surface area (Å²) in [6.07, 6.45) is 3.43. The number of allylic oxidation sites excluding steroid dienone is 1. The molecule has 2 atom stereocenters. The Labute approximate surface area is 312 Å². The monoisotopic (exact) mass is 740 g/mol. The molecule has 0 saturated heterocycles. The number of phenolic OH excluding ortho intramolecular Hbond substituents is 1. The minimum atomic E-state index is -1.06. The van der Waals surface area contributed by atoms with Crippen LogP contribution in [0.15, 0.2) is 88.9 Å². The van der Waals surface area contributed by atoms with Gasteiger partial charge in [-0.1, -0.05) is 42.2 Å². The lowest BCUT2D eigenvalue weighted by molar-refractivity contribution is -0.385. The molecule has 2 amide bonds. The zero-order valence-corrected chi connectivity index (χ0v) is 29.4. The molecular formula is C37H44N10O7. The van der Waals surface area contributed by atoms with Crippen LogP contribution in [0.2, 0.25) is 0 Å². The summed E-state index contributed by atoms with van der Waals surface area (Å²) >= 11 is 0. The lowest BCUT2D eigenvalue weighted by atomic mass is 10.0. The number of carbonyl (C=O) groups is 3. The standard InChI is InChI=1S/C37H44N10O7/c38-35(39)42-20-6-12-29(45-34(50)30(13-7-21-43-36(40)41)46-37(51)54-24-27-10-2-1-3-11-27)33(49)23-44-28-17-14-25(15-18-28)8-4-5-9-26-16-19-31(47(52)53)32(48)22-26/h1-3,5,9-11,14-19,22,29-30,44,48H,6-7,12-13,20-21,23-24H2,(H,45,50)(H,46,51)(H4,38,39,42)(H4,40,41,43)/b9-5+/t29-,30-/m0/s1. The molecule has 0 saturated carbocycles. The van der Waals surface area contributed by atoms with Gasteiger partial charge < -0.3 is 48.7 Å². The number of aliphatic imine (C=N–C) groups is 2. The Kier molecular flexibility index (Phi) is 16.8. The van der Waals surface area contributed by atoms with Gasteiger partial charge in [-0.25, -0.2) is 4.79 Å². The van der Waals surface area contributed by atoms with E-state index >= 15 is 0 Å². The molecule has 3 rings (SSSR count). The number of carbonyl (C=O) groups excluding carboxylic acids is 3. The molecule has 0 aliphatic heterocycles. The van der Waals surface area contributed by atoms with Gasteiger partial charge in [0.15, 0.2) is 23.5 Å². The topological polar surface area (TPSA) is 289 Å². The second-order valence-corrected chi connectivity index (χ2v) is 11.7. The van der Waals surface area contributed by atoms with E-state index in [0.29, 0.717) is 29.7 Å². The first kappa shape index (κ1) is 41.3. The first-order valence-electron chi connectivity index (χ1n) is 16.8.